The molecule has 0 radical (unpaired) electrons. The number of rotatable bonds is 0. The number of hydrogen-bond acceptors (Lipinski definition) is 5. The Morgan fingerprint density at radius 3 is 1.34 bits per heavy atom. The first-order valence-corrected chi connectivity index (χ1v) is 12.6. The molecule has 0 aliphatic heterocycles. The minimum absolute atomic E-state index is 0. The van der Waals surface area contributed by atoms with Crippen molar-refractivity contribution in [1.82, 2.24) is 9.97 Å². The summed E-state index contributed by atoms with van der Waals surface area (Å²) in [5.74, 6) is -1.33. The van der Waals surface area contributed by atoms with Crippen molar-refractivity contribution < 1.29 is 41.7 Å². The molecule has 0 aliphatic rings. The maximum atomic E-state index is 12.4. The molecule has 6 aromatic rings. The van der Waals surface area contributed by atoms with Crippen molar-refractivity contribution in [3.05, 3.63) is 114 Å². The summed E-state index contributed by atoms with van der Waals surface area (Å²) in [6.07, 6.45) is -9.00. The minimum Gasteiger partial charge on any atom is -0.872 e. The molecule has 2 heterocycles. The summed E-state index contributed by atoms with van der Waals surface area (Å²) in [4.78, 5) is 7.84. The van der Waals surface area contributed by atoms with E-state index in [0.29, 0.717) is 23.5 Å². The first kappa shape index (κ1) is 34.0. The average molecular weight is 623 g/mol. The third kappa shape index (κ3) is 8.31. The van der Waals surface area contributed by atoms with Crippen molar-refractivity contribution in [1.29, 1.82) is 0 Å². The molecule has 0 aliphatic carbocycles. The molecule has 0 saturated carbocycles. The standard InChI is InChI=1S/2C11H8F3NO.C10H8O.Al/c2*1-6-2-3-7-4-8(11(12,13)14)5-9(16)10(7)15-6;11-10-6-5-8-3-1-2-4-9(8)7-10;/h2*2-5,16H,1H3;1-7,11H;/q;;;+3/p-3. The Kier molecular flexibility index (Phi) is 10.4. The van der Waals surface area contributed by atoms with Crippen LogP contribution in [-0.2, 0) is 12.4 Å². The number of hydrogen-bond donors (Lipinski definition) is 0. The Balaban J connectivity index is 0.000000181. The third-order valence-electron chi connectivity index (χ3n) is 6.17. The van der Waals surface area contributed by atoms with Crippen LogP contribution in [0.15, 0.2) is 91.0 Å². The molecule has 0 amide bonds. The molecule has 0 atom stereocenters. The van der Waals surface area contributed by atoms with Gasteiger partial charge in [-0.05, 0) is 48.9 Å². The van der Waals surface area contributed by atoms with Crippen LogP contribution in [0.4, 0.5) is 26.3 Å². The van der Waals surface area contributed by atoms with E-state index in [1.54, 1.807) is 38.1 Å². The van der Waals surface area contributed by atoms with Crippen LogP contribution in [0.3, 0.4) is 0 Å². The number of aryl methyl sites for hydroxylation is 2. The molecule has 0 N–H and O–H groups in total. The molecule has 4 aromatic carbocycles. The first-order valence-electron chi connectivity index (χ1n) is 12.6. The minimum atomic E-state index is -4.50. The molecular weight excluding hydrogens is 601 g/mol. The van der Waals surface area contributed by atoms with Gasteiger partial charge in [-0.25, -0.2) is 0 Å². The molecular formula is C32H21AlF6N2O3. The molecule has 0 saturated heterocycles. The van der Waals surface area contributed by atoms with Gasteiger partial charge < -0.3 is 15.3 Å². The topological polar surface area (TPSA) is 95.0 Å². The van der Waals surface area contributed by atoms with Gasteiger partial charge in [0.05, 0.1) is 22.2 Å². The van der Waals surface area contributed by atoms with Crippen LogP contribution in [0.2, 0.25) is 0 Å². The molecule has 0 fully saturated rings. The maximum absolute atomic E-state index is 12.4. The third-order valence-corrected chi connectivity index (χ3v) is 6.17. The van der Waals surface area contributed by atoms with Gasteiger partial charge in [0.2, 0.25) is 0 Å². The van der Waals surface area contributed by atoms with Crippen molar-refractivity contribution in [3.63, 3.8) is 0 Å². The summed E-state index contributed by atoms with van der Waals surface area (Å²) in [5.41, 5.74) is -0.513. The van der Waals surface area contributed by atoms with Crippen molar-refractivity contribution >= 4 is 49.9 Å². The van der Waals surface area contributed by atoms with E-state index in [1.807, 2.05) is 30.3 Å². The smallest absolute Gasteiger partial charge is 0.872 e. The normalized spacial score (nSPS) is 11.3. The van der Waals surface area contributed by atoms with Crippen LogP contribution in [-0.4, -0.2) is 27.3 Å². The van der Waals surface area contributed by atoms with Gasteiger partial charge in [-0.3, -0.25) is 9.97 Å². The van der Waals surface area contributed by atoms with Gasteiger partial charge in [0.25, 0.3) is 0 Å². The Hall–Kier alpha value is -4.53. The Bertz CT molecular complexity index is 1830. The summed E-state index contributed by atoms with van der Waals surface area (Å²) >= 11 is 0. The zero-order valence-electron chi connectivity index (χ0n) is 23.1. The fourth-order valence-electron chi connectivity index (χ4n) is 4.09. The van der Waals surface area contributed by atoms with Crippen LogP contribution in [0.25, 0.3) is 32.6 Å². The van der Waals surface area contributed by atoms with Crippen LogP contribution in [0.5, 0.6) is 17.2 Å². The van der Waals surface area contributed by atoms with Crippen LogP contribution >= 0.6 is 0 Å². The number of pyridine rings is 2. The van der Waals surface area contributed by atoms with E-state index in [4.69, 9.17) is 0 Å². The largest absolute Gasteiger partial charge is 3.00 e. The molecule has 222 valence electrons. The quantitative estimate of drug-likeness (QED) is 0.137. The van der Waals surface area contributed by atoms with Gasteiger partial charge in [-0.15, -0.1) is 5.75 Å². The van der Waals surface area contributed by atoms with E-state index in [2.05, 4.69) is 9.97 Å². The zero-order valence-corrected chi connectivity index (χ0v) is 24.3. The van der Waals surface area contributed by atoms with Gasteiger partial charge >= 0.3 is 29.7 Å². The molecule has 0 unspecified atom stereocenters. The van der Waals surface area contributed by atoms with Gasteiger partial charge in [-0.2, -0.15) is 26.3 Å². The van der Waals surface area contributed by atoms with Crippen molar-refractivity contribution in [2.75, 3.05) is 0 Å². The van der Waals surface area contributed by atoms with Crippen LogP contribution in [0.1, 0.15) is 22.5 Å². The molecule has 0 spiro atoms. The van der Waals surface area contributed by atoms with E-state index in [-0.39, 0.29) is 44.9 Å². The van der Waals surface area contributed by atoms with Crippen LogP contribution in [0, 0.1) is 13.8 Å². The number of aromatic nitrogens is 2. The van der Waals surface area contributed by atoms with E-state index in [9.17, 15) is 41.7 Å². The first-order chi connectivity index (χ1) is 20.1. The summed E-state index contributed by atoms with van der Waals surface area (Å²) in [6.45, 7) is 3.35. The summed E-state index contributed by atoms with van der Waals surface area (Å²) in [5, 5.41) is 36.3. The summed E-state index contributed by atoms with van der Waals surface area (Å²) < 4.78 is 74.5. The molecule has 12 heteroatoms. The van der Waals surface area contributed by atoms with E-state index >= 15 is 0 Å². The number of alkyl halides is 6. The number of halogens is 6. The molecule has 2 aromatic heterocycles. The second-order valence-electron chi connectivity index (χ2n) is 9.50. The molecule has 6 rings (SSSR count). The zero-order chi connectivity index (χ0) is 31.5. The second-order valence-corrected chi connectivity index (χ2v) is 9.50. The van der Waals surface area contributed by atoms with Crippen molar-refractivity contribution in [3.8, 4) is 17.2 Å². The summed E-state index contributed by atoms with van der Waals surface area (Å²) in [6, 6.07) is 22.0. The fraction of sp³-hybridized carbons (Fsp3) is 0.125. The predicted molar refractivity (Wildman–Crippen MR) is 151 cm³/mol. The van der Waals surface area contributed by atoms with Crippen molar-refractivity contribution in [2.24, 2.45) is 0 Å². The SMILES string of the molecule is Cc1ccc2cc(C(F)(F)F)cc([O-])c2n1.Cc1ccc2cc(C(F)(F)F)cc([O-])c2n1.[Al+3].[O-]c1ccc2ccccc2c1. The monoisotopic (exact) mass is 622 g/mol. The Labute approximate surface area is 258 Å². The van der Waals surface area contributed by atoms with E-state index < -0.39 is 35.0 Å². The maximum Gasteiger partial charge on any atom is 3.00 e. The van der Waals surface area contributed by atoms with E-state index in [0.717, 1.165) is 22.9 Å². The second kappa shape index (κ2) is 13.4. The van der Waals surface area contributed by atoms with Crippen LogP contribution < -0.4 is 15.3 Å². The number of benzene rings is 4. The Morgan fingerprint density at radius 1 is 0.500 bits per heavy atom. The predicted octanol–water partition coefficient (Wildman–Crippen LogP) is 6.80. The van der Waals surface area contributed by atoms with Gasteiger partial charge in [-0.1, -0.05) is 78.2 Å². The van der Waals surface area contributed by atoms with E-state index in [1.165, 1.54) is 12.1 Å². The Morgan fingerprint density at radius 2 is 0.909 bits per heavy atom. The molecule has 0 bridgehead atoms. The average Bonchev–Trinajstić information content (AvgIpc) is 2.93. The number of nitrogens with zero attached hydrogens (tertiary/aromatic N) is 2. The summed E-state index contributed by atoms with van der Waals surface area (Å²) in [7, 11) is 0. The molecule has 5 nitrogen and oxygen atoms in total. The van der Waals surface area contributed by atoms with Gasteiger partial charge in [0, 0.05) is 22.2 Å². The van der Waals surface area contributed by atoms with Gasteiger partial charge in [0.15, 0.2) is 0 Å². The number of fused-ring (bicyclic) bond motifs is 3. The molecule has 44 heavy (non-hydrogen) atoms. The van der Waals surface area contributed by atoms with Gasteiger partial charge in [0.1, 0.15) is 0 Å². The fourth-order valence-corrected chi connectivity index (χ4v) is 4.09. The van der Waals surface area contributed by atoms with Crippen molar-refractivity contribution in [2.45, 2.75) is 26.2 Å².